The number of aliphatic hydroxyl groups is 1. The summed E-state index contributed by atoms with van der Waals surface area (Å²) in [7, 11) is 0. The fourth-order valence-electron chi connectivity index (χ4n) is 2.09. The maximum Gasteiger partial charge on any atom is 2.00 e. The van der Waals surface area contributed by atoms with Gasteiger partial charge in [-0.05, 0) is 0 Å². The van der Waals surface area contributed by atoms with E-state index >= 15 is 0 Å². The summed E-state index contributed by atoms with van der Waals surface area (Å²) in [6, 6.07) is 0.593. The van der Waals surface area contributed by atoms with Crippen LogP contribution in [0.3, 0.4) is 0 Å². The van der Waals surface area contributed by atoms with Crippen molar-refractivity contribution in [2.75, 3.05) is 0 Å². The number of aliphatic hydroxyl groups excluding tert-OH is 1. The van der Waals surface area contributed by atoms with Gasteiger partial charge in [0.15, 0.2) is 0 Å². The van der Waals surface area contributed by atoms with E-state index in [0.29, 0.717) is 12.1 Å². The maximum absolute atomic E-state index is 9.58. The molecule has 24 heavy (non-hydrogen) atoms. The molecule has 0 bridgehead atoms. The fourth-order valence-corrected chi connectivity index (χ4v) is 2.09. The molecule has 2 aliphatic rings. The van der Waals surface area contributed by atoms with Crippen LogP contribution in [-0.2, 0) is 51.7 Å². The number of hydrogen-bond acceptors (Lipinski definition) is 6. The Balaban J connectivity index is -0.000000120. The first kappa shape index (κ1) is 31.9. The number of nitrogens with one attached hydrogen (secondary N) is 2. The van der Waals surface area contributed by atoms with E-state index in [2.05, 4.69) is 0 Å². The average molecular weight is 708 g/mol. The van der Waals surface area contributed by atoms with E-state index in [1.54, 1.807) is 0 Å². The average Bonchev–Trinajstić information content (AvgIpc) is 3.03. The Morgan fingerprint density at radius 3 is 1.29 bits per heavy atom. The molecule has 0 heterocycles. The molecule has 2 aliphatic carbocycles. The Hall–Kier alpha value is 0.157. The molecule has 0 aromatic rings. The van der Waals surface area contributed by atoms with Crippen molar-refractivity contribution < 1.29 is 67.0 Å². The number of carbonyl (C=O) groups excluding carboxylic acids is 2. The van der Waals surface area contributed by atoms with Gasteiger partial charge in [0.05, 0.1) is 12.1 Å². The number of carbonyl (C=O) groups is 2. The molecule has 0 saturated heterocycles. The number of carboxylic acid groups (broad SMARTS) is 2. The minimum absolute atomic E-state index is 0. The summed E-state index contributed by atoms with van der Waals surface area (Å²) in [4.78, 5) is 19.1. The van der Waals surface area contributed by atoms with Crippen molar-refractivity contribution in [3.8, 4) is 0 Å². The van der Waals surface area contributed by atoms with Crippen LogP contribution in [0.5, 0.6) is 0 Å². The summed E-state index contributed by atoms with van der Waals surface area (Å²) in [6.07, 6.45) is 6.92. The Morgan fingerprint density at radius 1 is 0.917 bits per heavy atom. The van der Waals surface area contributed by atoms with Gasteiger partial charge in [0.1, 0.15) is 0 Å². The van der Waals surface area contributed by atoms with Crippen LogP contribution in [-0.4, -0.2) is 35.2 Å². The second-order valence-corrected chi connectivity index (χ2v) is 5.37. The molecule has 2 rings (SSSR count). The van der Waals surface area contributed by atoms with E-state index < -0.39 is 24.5 Å². The molecule has 148 valence electrons. The number of carboxylic acids is 2. The maximum atomic E-state index is 9.58. The van der Waals surface area contributed by atoms with Crippen molar-refractivity contribution in [3.63, 3.8) is 0 Å². The van der Waals surface area contributed by atoms with Crippen molar-refractivity contribution in [3.05, 3.63) is 11.5 Å². The molecule has 2 saturated carbocycles. The number of rotatable bonds is 3. The smallest absolute Gasteiger partial charge is 0.675 e. The monoisotopic (exact) mass is 707 g/mol. The third-order valence-corrected chi connectivity index (χ3v) is 3.34. The van der Waals surface area contributed by atoms with Gasteiger partial charge in [0.25, 0.3) is 0 Å². The topological polar surface area (TPSA) is 183 Å². The summed E-state index contributed by atoms with van der Waals surface area (Å²) < 4.78 is 0. The summed E-state index contributed by atoms with van der Waals surface area (Å²) >= 11 is 0. The first-order valence-electron chi connectivity index (χ1n) is 7.34. The normalized spacial score (nSPS) is 17.5. The van der Waals surface area contributed by atoms with Crippen LogP contribution in [0.15, 0.2) is 0 Å². The first-order chi connectivity index (χ1) is 9.82. The molecule has 0 aromatic carbocycles. The summed E-state index contributed by atoms with van der Waals surface area (Å²) in [5.74, 6) is -3.43. The number of aliphatic carboxylic acids is 2. The van der Waals surface area contributed by atoms with Gasteiger partial charge in [0.2, 0.25) is 0 Å². The molecule has 10 heteroatoms. The molecule has 0 amide bonds. The van der Waals surface area contributed by atoms with E-state index in [-0.39, 0.29) is 48.3 Å². The predicted molar refractivity (Wildman–Crippen MR) is 78.8 cm³/mol. The third kappa shape index (κ3) is 20.2. The van der Waals surface area contributed by atoms with Crippen LogP contribution in [0.25, 0.3) is 11.5 Å². The van der Waals surface area contributed by atoms with Crippen LogP contribution in [0.4, 0.5) is 0 Å². The Bertz CT molecular complexity index is 299. The molecule has 6 N–H and O–H groups in total. The Morgan fingerprint density at radius 2 is 1.21 bits per heavy atom. The predicted octanol–water partition coefficient (Wildman–Crippen LogP) is 0.357. The zero-order valence-electron chi connectivity index (χ0n) is 13.5. The molecule has 0 unspecified atom stereocenters. The van der Waals surface area contributed by atoms with Crippen LogP contribution in [0.2, 0.25) is 0 Å². The van der Waals surface area contributed by atoms with E-state index in [4.69, 9.17) is 16.6 Å². The Labute approximate surface area is 172 Å². The van der Waals surface area contributed by atoms with Gasteiger partial charge in [-0.2, -0.15) is 0 Å². The molecule has 2 fully saturated rings. The second-order valence-electron chi connectivity index (χ2n) is 5.37. The quantitative estimate of drug-likeness (QED) is 0.427. The van der Waals surface area contributed by atoms with Gasteiger partial charge in [-0.1, -0.05) is 51.4 Å². The molecule has 0 aromatic heterocycles. The summed E-state index contributed by atoms with van der Waals surface area (Å²) in [6.45, 7) is 0. The fraction of sp³-hybridized carbons (Fsp3) is 0.857. The summed E-state index contributed by atoms with van der Waals surface area (Å²) in [5.41, 5.74) is 14.3. The van der Waals surface area contributed by atoms with Gasteiger partial charge >= 0.3 is 42.1 Å². The van der Waals surface area contributed by atoms with Crippen LogP contribution >= 0.6 is 0 Å². The molecule has 1 atom stereocenters. The number of hydrogen-bond donors (Lipinski definition) is 2. The largest absolute Gasteiger partial charge is 2.00 e. The standard InChI is InChI=1S/2C5H10N.C4H6O5.H3N.2Pt/c2*6-5-3-1-2-4-5;5-2(4(8)9)1-3(6)7;;;/h2*5-6H,1-4H2;2,5H,1H2,(H,6,7)(H,8,9);1H3;;/q2*-1;;;2*+2/p-2/t;;2-;;;/m..0.../s1. The van der Waals surface area contributed by atoms with Crippen molar-refractivity contribution in [1.29, 1.82) is 0 Å². The molecular weight excluding hydrogens is 680 g/mol. The van der Waals surface area contributed by atoms with Gasteiger partial charge in [-0.15, -0.1) is 12.1 Å². The zero-order valence-corrected chi connectivity index (χ0v) is 18.1. The van der Waals surface area contributed by atoms with Crippen LogP contribution in [0, 0.1) is 0 Å². The molecule has 0 spiro atoms. The van der Waals surface area contributed by atoms with Gasteiger partial charge in [-0.3, -0.25) is 0 Å². The van der Waals surface area contributed by atoms with Gasteiger partial charge in [-0.25, -0.2) is 0 Å². The van der Waals surface area contributed by atoms with E-state index in [1.807, 2.05) is 0 Å². The van der Waals surface area contributed by atoms with E-state index in [0.717, 1.165) is 25.7 Å². The van der Waals surface area contributed by atoms with Crippen molar-refractivity contribution in [2.24, 2.45) is 0 Å². The van der Waals surface area contributed by atoms with Crippen molar-refractivity contribution in [2.45, 2.75) is 76.0 Å². The molecular formula is C14H27N3O5Pt2. The third-order valence-electron chi connectivity index (χ3n) is 3.34. The van der Waals surface area contributed by atoms with E-state index in [1.165, 1.54) is 25.7 Å². The molecule has 0 radical (unpaired) electrons. The van der Waals surface area contributed by atoms with E-state index in [9.17, 15) is 19.8 Å². The van der Waals surface area contributed by atoms with Crippen LogP contribution < -0.4 is 16.4 Å². The van der Waals surface area contributed by atoms with Crippen molar-refractivity contribution >= 4 is 11.9 Å². The molecule has 0 aliphatic heterocycles. The van der Waals surface area contributed by atoms with Gasteiger partial charge < -0.3 is 42.5 Å². The van der Waals surface area contributed by atoms with Gasteiger partial charge in [0, 0.05) is 12.4 Å². The SMILES string of the molecule is N.O=C([O-])C[C@H](O)C(=O)[O-].[NH-]C1CCCC1.[NH-]C1CCCC1.[Pt+2].[Pt+2]. The van der Waals surface area contributed by atoms with Crippen LogP contribution in [0.1, 0.15) is 57.8 Å². The second kappa shape index (κ2) is 19.5. The van der Waals surface area contributed by atoms with Crippen molar-refractivity contribution in [1.82, 2.24) is 6.15 Å². The zero-order chi connectivity index (χ0) is 16.3. The first-order valence-corrected chi connectivity index (χ1v) is 7.34. The molecule has 8 nitrogen and oxygen atoms in total. The minimum atomic E-state index is -1.96. The summed E-state index contributed by atoms with van der Waals surface area (Å²) in [5, 5.41) is 27.3. The minimum Gasteiger partial charge on any atom is -0.675 e. The Kier molecular flexibility index (Phi) is 25.9.